The molecule has 0 amide bonds. The van der Waals surface area contributed by atoms with Crippen LogP contribution in [0.3, 0.4) is 0 Å². The normalized spacial score (nSPS) is 17.5. The predicted molar refractivity (Wildman–Crippen MR) is 60.1 cm³/mol. The van der Waals surface area contributed by atoms with E-state index in [0.717, 1.165) is 37.8 Å². The third-order valence-electron chi connectivity index (χ3n) is 2.75. The SMILES string of the molecule is O=S(=O)(NOC1CCCC1)c1ccc(F)cc1. The first kappa shape index (κ1) is 12.5. The number of benzene rings is 1. The standard InChI is InChI=1S/C11H14FNO3S/c12-9-5-7-11(8-6-9)17(14,15)13-16-10-3-1-2-4-10/h5-8,10,13H,1-4H2. The molecule has 17 heavy (non-hydrogen) atoms. The molecule has 1 aliphatic carbocycles. The van der Waals surface area contributed by atoms with Crippen LogP contribution in [0.1, 0.15) is 25.7 Å². The molecule has 0 heterocycles. The average Bonchev–Trinajstić information content (AvgIpc) is 2.80. The summed E-state index contributed by atoms with van der Waals surface area (Å²) >= 11 is 0. The maximum absolute atomic E-state index is 12.7. The van der Waals surface area contributed by atoms with Crippen molar-refractivity contribution in [1.29, 1.82) is 0 Å². The van der Waals surface area contributed by atoms with Crippen molar-refractivity contribution in [3.63, 3.8) is 0 Å². The van der Waals surface area contributed by atoms with Crippen molar-refractivity contribution >= 4 is 10.0 Å². The second-order valence-electron chi connectivity index (χ2n) is 4.07. The molecule has 2 rings (SSSR count). The zero-order valence-corrected chi connectivity index (χ0v) is 10.0. The minimum absolute atomic E-state index is 0.00287. The third kappa shape index (κ3) is 3.24. The van der Waals surface area contributed by atoms with Crippen molar-refractivity contribution in [3.05, 3.63) is 30.1 Å². The van der Waals surface area contributed by atoms with Gasteiger partial charge in [-0.15, -0.1) is 0 Å². The molecular formula is C11H14FNO3S. The highest BCUT2D eigenvalue weighted by Crippen LogP contribution is 2.20. The van der Waals surface area contributed by atoms with Crippen LogP contribution in [-0.4, -0.2) is 14.5 Å². The van der Waals surface area contributed by atoms with Gasteiger partial charge in [0.25, 0.3) is 10.0 Å². The van der Waals surface area contributed by atoms with Gasteiger partial charge in [-0.1, -0.05) is 17.7 Å². The van der Waals surface area contributed by atoms with Gasteiger partial charge in [0.2, 0.25) is 0 Å². The number of hydrogen-bond acceptors (Lipinski definition) is 3. The molecular weight excluding hydrogens is 245 g/mol. The molecule has 0 saturated heterocycles. The van der Waals surface area contributed by atoms with Crippen LogP contribution in [0.25, 0.3) is 0 Å². The van der Waals surface area contributed by atoms with E-state index in [1.165, 1.54) is 12.1 Å². The topological polar surface area (TPSA) is 55.4 Å². The fourth-order valence-corrected chi connectivity index (χ4v) is 2.65. The van der Waals surface area contributed by atoms with Crippen LogP contribution >= 0.6 is 0 Å². The second kappa shape index (κ2) is 5.12. The first-order chi connectivity index (χ1) is 8.08. The lowest BCUT2D eigenvalue weighted by Crippen LogP contribution is -2.28. The Balaban J connectivity index is 2.00. The molecule has 6 heteroatoms. The van der Waals surface area contributed by atoms with Crippen molar-refractivity contribution in [1.82, 2.24) is 4.89 Å². The molecule has 0 atom stereocenters. The Hall–Kier alpha value is -0.980. The molecule has 1 N–H and O–H groups in total. The van der Waals surface area contributed by atoms with Gasteiger partial charge in [0.15, 0.2) is 0 Å². The highest BCUT2D eigenvalue weighted by molar-refractivity contribution is 7.89. The van der Waals surface area contributed by atoms with Crippen molar-refractivity contribution in [2.45, 2.75) is 36.7 Å². The van der Waals surface area contributed by atoms with E-state index < -0.39 is 15.8 Å². The number of nitrogens with one attached hydrogen (secondary N) is 1. The monoisotopic (exact) mass is 259 g/mol. The van der Waals surface area contributed by atoms with E-state index in [4.69, 9.17) is 4.84 Å². The Morgan fingerprint density at radius 1 is 1.18 bits per heavy atom. The lowest BCUT2D eigenvalue weighted by molar-refractivity contribution is 0.0223. The molecule has 0 bridgehead atoms. The second-order valence-corrected chi connectivity index (χ2v) is 5.71. The van der Waals surface area contributed by atoms with Gasteiger partial charge in [-0.25, -0.2) is 12.8 Å². The molecule has 1 aromatic carbocycles. The number of halogens is 1. The van der Waals surface area contributed by atoms with Gasteiger partial charge < -0.3 is 0 Å². The molecule has 0 unspecified atom stereocenters. The summed E-state index contributed by atoms with van der Waals surface area (Å²) in [5, 5.41) is 0. The fourth-order valence-electron chi connectivity index (χ4n) is 1.80. The van der Waals surface area contributed by atoms with Gasteiger partial charge in [0.05, 0.1) is 11.0 Å². The lowest BCUT2D eigenvalue weighted by Gasteiger charge is -2.11. The fraction of sp³-hybridized carbons (Fsp3) is 0.455. The Morgan fingerprint density at radius 2 is 1.76 bits per heavy atom. The largest absolute Gasteiger partial charge is 0.284 e. The van der Waals surface area contributed by atoms with Crippen LogP contribution in [-0.2, 0) is 14.9 Å². The molecule has 0 aromatic heterocycles. The van der Waals surface area contributed by atoms with Gasteiger partial charge in [0.1, 0.15) is 5.82 Å². The molecule has 0 radical (unpaired) electrons. The van der Waals surface area contributed by atoms with Crippen LogP contribution in [0, 0.1) is 5.82 Å². The summed E-state index contributed by atoms with van der Waals surface area (Å²) in [7, 11) is -3.70. The van der Waals surface area contributed by atoms with Crippen LogP contribution < -0.4 is 4.89 Å². The van der Waals surface area contributed by atoms with E-state index in [0.29, 0.717) is 0 Å². The van der Waals surface area contributed by atoms with Crippen molar-refractivity contribution in [2.24, 2.45) is 0 Å². The number of hydrogen-bond donors (Lipinski definition) is 1. The average molecular weight is 259 g/mol. The summed E-state index contributed by atoms with van der Waals surface area (Å²) in [5.74, 6) is -0.472. The molecule has 0 aliphatic heterocycles. The van der Waals surface area contributed by atoms with E-state index in [1.807, 2.05) is 0 Å². The summed E-state index contributed by atoms with van der Waals surface area (Å²) in [5.41, 5.74) is 0. The Bertz CT molecular complexity index is 466. The number of rotatable bonds is 4. The molecule has 1 saturated carbocycles. The first-order valence-electron chi connectivity index (χ1n) is 5.51. The first-order valence-corrected chi connectivity index (χ1v) is 6.99. The summed E-state index contributed by atoms with van der Waals surface area (Å²) in [6.07, 6.45) is 3.80. The smallest absolute Gasteiger partial charge is 0.262 e. The Morgan fingerprint density at radius 3 is 2.35 bits per heavy atom. The van der Waals surface area contributed by atoms with Crippen LogP contribution in [0.15, 0.2) is 29.2 Å². The van der Waals surface area contributed by atoms with E-state index in [1.54, 1.807) is 0 Å². The molecule has 0 spiro atoms. The van der Waals surface area contributed by atoms with E-state index >= 15 is 0 Å². The minimum atomic E-state index is -3.70. The highest BCUT2D eigenvalue weighted by atomic mass is 32.2. The van der Waals surface area contributed by atoms with Crippen molar-refractivity contribution < 1.29 is 17.6 Å². The lowest BCUT2D eigenvalue weighted by atomic mass is 10.3. The minimum Gasteiger partial charge on any atom is -0.284 e. The summed E-state index contributed by atoms with van der Waals surface area (Å²) in [6.45, 7) is 0. The van der Waals surface area contributed by atoms with Gasteiger partial charge in [-0.05, 0) is 37.1 Å². The van der Waals surface area contributed by atoms with Crippen LogP contribution in [0.4, 0.5) is 4.39 Å². The summed E-state index contributed by atoms with van der Waals surface area (Å²) < 4.78 is 36.1. The Kier molecular flexibility index (Phi) is 3.76. The zero-order valence-electron chi connectivity index (χ0n) is 9.23. The predicted octanol–water partition coefficient (Wildman–Crippen LogP) is 1.98. The highest BCUT2D eigenvalue weighted by Gasteiger charge is 2.20. The maximum Gasteiger partial charge on any atom is 0.262 e. The summed E-state index contributed by atoms with van der Waals surface area (Å²) in [4.78, 5) is 7.20. The zero-order chi connectivity index (χ0) is 12.3. The molecule has 1 aliphatic rings. The number of sulfonamides is 1. The summed E-state index contributed by atoms with van der Waals surface area (Å²) in [6, 6.07) is 4.61. The van der Waals surface area contributed by atoms with Crippen LogP contribution in [0.5, 0.6) is 0 Å². The molecule has 1 fully saturated rings. The van der Waals surface area contributed by atoms with Crippen LogP contribution in [0.2, 0.25) is 0 Å². The third-order valence-corrected chi connectivity index (χ3v) is 3.96. The van der Waals surface area contributed by atoms with Gasteiger partial charge in [0, 0.05) is 0 Å². The molecule has 94 valence electrons. The maximum atomic E-state index is 12.7. The Labute approximate surface area is 99.8 Å². The van der Waals surface area contributed by atoms with Gasteiger partial charge in [-0.3, -0.25) is 4.84 Å². The van der Waals surface area contributed by atoms with Gasteiger partial charge in [-0.2, -0.15) is 0 Å². The quantitative estimate of drug-likeness (QED) is 0.841. The van der Waals surface area contributed by atoms with E-state index in [-0.39, 0.29) is 11.0 Å². The van der Waals surface area contributed by atoms with Crippen molar-refractivity contribution in [2.75, 3.05) is 0 Å². The van der Waals surface area contributed by atoms with E-state index in [2.05, 4.69) is 4.89 Å². The van der Waals surface area contributed by atoms with E-state index in [9.17, 15) is 12.8 Å². The van der Waals surface area contributed by atoms with Crippen molar-refractivity contribution in [3.8, 4) is 0 Å². The molecule has 4 nitrogen and oxygen atoms in total. The molecule has 1 aromatic rings. The van der Waals surface area contributed by atoms with Gasteiger partial charge >= 0.3 is 0 Å².